The lowest BCUT2D eigenvalue weighted by Crippen LogP contribution is -2.31. The second-order valence-electron chi connectivity index (χ2n) is 18.6. The zero-order chi connectivity index (χ0) is 40.4. The minimum atomic E-state index is 0.0545. The number of esters is 1. The Balaban J connectivity index is 2.14. The molecule has 4 heteroatoms. The highest BCUT2D eigenvalue weighted by atomic mass is 16.5. The fourth-order valence-electron chi connectivity index (χ4n) is 9.27. The van der Waals surface area contributed by atoms with Gasteiger partial charge in [0.1, 0.15) is 0 Å². The topological polar surface area (TPSA) is 38.8 Å². The molecule has 334 valence electrons. The number of piperidine rings is 1. The molecule has 0 aliphatic carbocycles. The molecule has 0 aromatic heterocycles. The molecule has 4 nitrogen and oxygen atoms in total. The van der Waals surface area contributed by atoms with Crippen molar-refractivity contribution in [2.24, 2.45) is 17.8 Å². The summed E-state index contributed by atoms with van der Waals surface area (Å²) in [6.45, 7) is 15.8. The van der Waals surface area contributed by atoms with Gasteiger partial charge in [-0.1, -0.05) is 214 Å². The zero-order valence-electron chi connectivity index (χ0n) is 39.0. The van der Waals surface area contributed by atoms with Crippen LogP contribution in [0.2, 0.25) is 0 Å². The van der Waals surface area contributed by atoms with Crippen molar-refractivity contribution in [3.63, 3.8) is 0 Å². The Hall–Kier alpha value is -0.610. The van der Waals surface area contributed by atoms with E-state index in [2.05, 4.69) is 32.6 Å². The van der Waals surface area contributed by atoms with Gasteiger partial charge in [-0.15, -0.1) is 0 Å². The highest BCUT2D eigenvalue weighted by molar-refractivity contribution is 5.69. The number of nitrogens with zero attached hydrogens (tertiary/aromatic N) is 1. The molecule has 1 unspecified atom stereocenters. The standard InChI is InChI=1S/C52H103NO3/c1-5-9-24-34-50(35-25-10-6-2)41-47-55-45-32-21-17-13-15-19-28-36-49(40-44-53-42-30-23-31-43-53)37-29-20-16-14-18-22-33-46-56-52(54)48-51(38-26-11-7-3)39-27-12-8-4/h49-51H,5-48H2,1-4H3. The largest absolute Gasteiger partial charge is 0.466 e. The molecule has 0 N–H and O–H groups in total. The summed E-state index contributed by atoms with van der Waals surface area (Å²) in [5, 5.41) is 0. The first-order chi connectivity index (χ1) is 27.6. The van der Waals surface area contributed by atoms with E-state index in [0.29, 0.717) is 18.9 Å². The summed E-state index contributed by atoms with van der Waals surface area (Å²) in [7, 11) is 0. The maximum atomic E-state index is 12.5. The molecule has 56 heavy (non-hydrogen) atoms. The van der Waals surface area contributed by atoms with Gasteiger partial charge in [0.25, 0.3) is 0 Å². The molecule has 1 saturated heterocycles. The number of hydrogen-bond donors (Lipinski definition) is 0. The lowest BCUT2D eigenvalue weighted by atomic mass is 9.91. The SMILES string of the molecule is CCCCCC(CCCCC)CCOCCCCCCCCCC(CCCCCCCCCOC(=O)CC(CCCCC)CCCCC)CCN1CCCCC1. The van der Waals surface area contributed by atoms with Crippen LogP contribution in [0.4, 0.5) is 0 Å². The normalized spacial score (nSPS) is 14.3. The molecule has 0 bridgehead atoms. The third kappa shape index (κ3) is 35.3. The van der Waals surface area contributed by atoms with Gasteiger partial charge >= 0.3 is 5.97 Å². The summed E-state index contributed by atoms with van der Waals surface area (Å²) in [5.74, 6) is 2.41. The molecule has 1 aliphatic rings. The van der Waals surface area contributed by atoms with Crippen molar-refractivity contribution >= 4 is 5.97 Å². The highest BCUT2D eigenvalue weighted by Gasteiger charge is 2.16. The summed E-state index contributed by atoms with van der Waals surface area (Å²) in [5.41, 5.74) is 0. The van der Waals surface area contributed by atoms with Crippen LogP contribution in [0.5, 0.6) is 0 Å². The second-order valence-corrected chi connectivity index (χ2v) is 18.6. The third-order valence-electron chi connectivity index (χ3n) is 13.2. The van der Waals surface area contributed by atoms with Crippen molar-refractivity contribution < 1.29 is 14.3 Å². The summed E-state index contributed by atoms with van der Waals surface area (Å²) < 4.78 is 11.8. The molecule has 0 aromatic carbocycles. The number of unbranched alkanes of at least 4 members (excludes halogenated alkanes) is 20. The average molecular weight is 790 g/mol. The molecule has 1 fully saturated rings. The van der Waals surface area contributed by atoms with Gasteiger partial charge in [0.05, 0.1) is 6.61 Å². The Morgan fingerprint density at radius 1 is 0.411 bits per heavy atom. The fraction of sp³-hybridized carbons (Fsp3) is 0.981. The van der Waals surface area contributed by atoms with Gasteiger partial charge in [-0.3, -0.25) is 4.79 Å². The zero-order valence-corrected chi connectivity index (χ0v) is 39.0. The number of carbonyl (C=O) groups is 1. The van der Waals surface area contributed by atoms with Crippen molar-refractivity contribution in [1.82, 2.24) is 4.90 Å². The predicted molar refractivity (Wildman–Crippen MR) is 247 cm³/mol. The average Bonchev–Trinajstić information content (AvgIpc) is 3.21. The quantitative estimate of drug-likeness (QED) is 0.0455. The Labute approximate surface area is 352 Å². The van der Waals surface area contributed by atoms with Crippen molar-refractivity contribution in [3.8, 4) is 0 Å². The Morgan fingerprint density at radius 3 is 1.29 bits per heavy atom. The first-order valence-electron chi connectivity index (χ1n) is 26.1. The van der Waals surface area contributed by atoms with Crippen LogP contribution in [0.15, 0.2) is 0 Å². The van der Waals surface area contributed by atoms with Crippen LogP contribution in [0, 0.1) is 17.8 Å². The lowest BCUT2D eigenvalue weighted by Gasteiger charge is -2.28. The van der Waals surface area contributed by atoms with Crippen LogP contribution in [0.25, 0.3) is 0 Å². The van der Waals surface area contributed by atoms with Gasteiger partial charge in [-0.05, 0) is 88.8 Å². The smallest absolute Gasteiger partial charge is 0.306 e. The summed E-state index contributed by atoms with van der Waals surface area (Å²) in [4.78, 5) is 15.3. The molecule has 0 amide bonds. The van der Waals surface area contributed by atoms with Gasteiger partial charge in [-0.25, -0.2) is 0 Å². The van der Waals surface area contributed by atoms with Crippen molar-refractivity contribution in [1.29, 1.82) is 0 Å². The Bertz CT molecular complexity index is 762. The van der Waals surface area contributed by atoms with E-state index >= 15 is 0 Å². The Morgan fingerprint density at radius 2 is 0.804 bits per heavy atom. The number of carbonyl (C=O) groups excluding carboxylic acids is 1. The van der Waals surface area contributed by atoms with Crippen LogP contribution in [-0.2, 0) is 14.3 Å². The lowest BCUT2D eigenvalue weighted by molar-refractivity contribution is -0.145. The van der Waals surface area contributed by atoms with E-state index in [1.54, 1.807) is 0 Å². The first kappa shape index (κ1) is 53.4. The van der Waals surface area contributed by atoms with E-state index in [9.17, 15) is 4.79 Å². The molecule has 0 saturated carbocycles. The molecule has 0 aromatic rings. The monoisotopic (exact) mass is 790 g/mol. The number of hydrogen-bond acceptors (Lipinski definition) is 4. The third-order valence-corrected chi connectivity index (χ3v) is 13.2. The van der Waals surface area contributed by atoms with E-state index in [1.807, 2.05) is 0 Å². The summed E-state index contributed by atoms with van der Waals surface area (Å²) in [6.07, 6.45) is 50.4. The van der Waals surface area contributed by atoms with Crippen LogP contribution in [0.3, 0.4) is 0 Å². The first-order valence-corrected chi connectivity index (χ1v) is 26.1. The van der Waals surface area contributed by atoms with Crippen molar-refractivity contribution in [2.45, 2.75) is 272 Å². The van der Waals surface area contributed by atoms with E-state index in [1.165, 1.54) is 251 Å². The summed E-state index contributed by atoms with van der Waals surface area (Å²) in [6, 6.07) is 0. The van der Waals surface area contributed by atoms with Crippen LogP contribution in [0.1, 0.15) is 272 Å². The highest BCUT2D eigenvalue weighted by Crippen LogP contribution is 2.25. The molecule has 1 heterocycles. The number of rotatable bonds is 44. The second kappa shape index (κ2) is 42.5. The Kier molecular flexibility index (Phi) is 40.5. The van der Waals surface area contributed by atoms with Crippen LogP contribution < -0.4 is 0 Å². The van der Waals surface area contributed by atoms with Gasteiger partial charge < -0.3 is 14.4 Å². The molecule has 1 rings (SSSR count). The van der Waals surface area contributed by atoms with E-state index in [-0.39, 0.29) is 5.97 Å². The molecule has 0 spiro atoms. The van der Waals surface area contributed by atoms with Crippen LogP contribution in [-0.4, -0.2) is 50.3 Å². The van der Waals surface area contributed by atoms with E-state index in [0.717, 1.165) is 31.5 Å². The molecule has 1 atom stereocenters. The van der Waals surface area contributed by atoms with E-state index < -0.39 is 0 Å². The maximum Gasteiger partial charge on any atom is 0.306 e. The van der Waals surface area contributed by atoms with E-state index in [4.69, 9.17) is 9.47 Å². The minimum Gasteiger partial charge on any atom is -0.466 e. The molecular weight excluding hydrogens is 687 g/mol. The summed E-state index contributed by atoms with van der Waals surface area (Å²) >= 11 is 0. The molecule has 0 radical (unpaired) electrons. The minimum absolute atomic E-state index is 0.0545. The fourth-order valence-corrected chi connectivity index (χ4v) is 9.27. The predicted octanol–water partition coefficient (Wildman–Crippen LogP) is 16.6. The molecule has 1 aliphatic heterocycles. The maximum absolute atomic E-state index is 12.5. The number of likely N-dealkylation sites (tertiary alicyclic amines) is 1. The number of ether oxygens (including phenoxy) is 2. The van der Waals surface area contributed by atoms with Gasteiger partial charge in [-0.2, -0.15) is 0 Å². The van der Waals surface area contributed by atoms with Gasteiger partial charge in [0.2, 0.25) is 0 Å². The van der Waals surface area contributed by atoms with Crippen molar-refractivity contribution in [3.05, 3.63) is 0 Å². The van der Waals surface area contributed by atoms with Crippen molar-refractivity contribution in [2.75, 3.05) is 39.5 Å². The van der Waals surface area contributed by atoms with Gasteiger partial charge in [0.15, 0.2) is 0 Å². The van der Waals surface area contributed by atoms with Gasteiger partial charge in [0, 0.05) is 19.6 Å². The molecular formula is C52H103NO3. The van der Waals surface area contributed by atoms with Crippen LogP contribution >= 0.6 is 0 Å².